The van der Waals surface area contributed by atoms with Crippen molar-refractivity contribution in [1.29, 1.82) is 0 Å². The van der Waals surface area contributed by atoms with Gasteiger partial charge in [0.2, 0.25) is 0 Å². The number of β-amino-alcohol motifs (C(OH)–C–C–N with tert-alkyl or cyclic N) is 2. The Labute approximate surface area is 179 Å². The molecule has 10 heteroatoms. The van der Waals surface area contributed by atoms with Crippen molar-refractivity contribution >= 4 is 12.2 Å². The maximum absolute atomic E-state index is 11.6. The molecule has 2 amide bonds. The molecule has 0 aromatic rings. The molecule has 0 aromatic carbocycles. The third-order valence-corrected chi connectivity index (χ3v) is 4.38. The summed E-state index contributed by atoms with van der Waals surface area (Å²) in [7, 11) is 3.04. The monoisotopic (exact) mass is 434 g/mol. The molecule has 0 aromatic heterocycles. The second-order valence-electron chi connectivity index (χ2n) is 9.45. The molecular formula is C20H38N2O8. The van der Waals surface area contributed by atoms with E-state index in [9.17, 15) is 19.8 Å². The Morgan fingerprint density at radius 3 is 1.20 bits per heavy atom. The van der Waals surface area contributed by atoms with Gasteiger partial charge in [0.1, 0.15) is 23.4 Å². The number of hydrogen-bond donors (Lipinski definition) is 2. The third kappa shape index (κ3) is 8.63. The molecule has 2 rings (SSSR count). The first-order chi connectivity index (χ1) is 13.7. The normalized spacial score (nSPS) is 26.9. The molecule has 2 aliphatic heterocycles. The van der Waals surface area contributed by atoms with Crippen LogP contribution in [0.2, 0.25) is 0 Å². The molecule has 30 heavy (non-hydrogen) atoms. The minimum Gasteiger partial charge on any atom is -0.444 e. The van der Waals surface area contributed by atoms with Gasteiger partial charge in [0.05, 0.1) is 38.4 Å². The molecule has 2 N–H and O–H groups in total. The molecule has 0 unspecified atom stereocenters. The predicted octanol–water partition coefficient (Wildman–Crippen LogP) is 1.23. The Morgan fingerprint density at radius 1 is 0.700 bits per heavy atom. The zero-order valence-corrected chi connectivity index (χ0v) is 19.4. The number of aliphatic hydroxyl groups is 2. The molecule has 2 saturated heterocycles. The van der Waals surface area contributed by atoms with Crippen molar-refractivity contribution < 1.29 is 38.7 Å². The van der Waals surface area contributed by atoms with Crippen LogP contribution in [0.4, 0.5) is 9.59 Å². The van der Waals surface area contributed by atoms with E-state index in [2.05, 4.69) is 0 Å². The summed E-state index contributed by atoms with van der Waals surface area (Å²) in [5.41, 5.74) is -1.01. The molecule has 0 spiro atoms. The highest BCUT2D eigenvalue weighted by Crippen LogP contribution is 2.18. The summed E-state index contributed by atoms with van der Waals surface area (Å²) >= 11 is 0. The Kier molecular flexibility index (Phi) is 9.34. The second-order valence-corrected chi connectivity index (χ2v) is 9.45. The van der Waals surface area contributed by atoms with Gasteiger partial charge in [0.15, 0.2) is 0 Å². The molecule has 0 bridgehead atoms. The standard InChI is InChI=1S/2C10H19NO4/c2*1-10(2,3)15-9(13)11-5-7(12)8(6-11)14-4/h2*7-8,12H,5-6H2,1-4H3/t2*7-,8-/m10/s1. The molecule has 2 aliphatic rings. The van der Waals surface area contributed by atoms with Gasteiger partial charge in [-0.2, -0.15) is 0 Å². The number of hydrogen-bond acceptors (Lipinski definition) is 8. The highest BCUT2D eigenvalue weighted by atomic mass is 16.6. The summed E-state index contributed by atoms with van der Waals surface area (Å²) in [5.74, 6) is 0. The molecule has 0 saturated carbocycles. The van der Waals surface area contributed by atoms with Crippen LogP contribution >= 0.6 is 0 Å². The van der Waals surface area contributed by atoms with E-state index in [1.807, 2.05) is 41.5 Å². The number of aliphatic hydroxyl groups excluding tert-OH is 2. The summed E-state index contributed by atoms with van der Waals surface area (Å²) in [5, 5.41) is 19.1. The Balaban J connectivity index is 0.000000300. The lowest BCUT2D eigenvalue weighted by Gasteiger charge is -2.24. The zero-order chi connectivity index (χ0) is 23.3. The van der Waals surface area contributed by atoms with Gasteiger partial charge in [-0.1, -0.05) is 0 Å². The van der Waals surface area contributed by atoms with E-state index < -0.39 is 35.6 Å². The summed E-state index contributed by atoms with van der Waals surface area (Å²) in [6.07, 6.45) is -2.66. The van der Waals surface area contributed by atoms with Crippen molar-refractivity contribution in [1.82, 2.24) is 9.80 Å². The van der Waals surface area contributed by atoms with Crippen molar-refractivity contribution in [2.45, 2.75) is 77.2 Å². The molecule has 2 fully saturated rings. The molecule has 0 aliphatic carbocycles. The highest BCUT2D eigenvalue weighted by molar-refractivity contribution is 5.69. The topological polar surface area (TPSA) is 118 Å². The average molecular weight is 435 g/mol. The van der Waals surface area contributed by atoms with E-state index in [1.54, 1.807) is 0 Å². The Hall–Kier alpha value is -1.62. The van der Waals surface area contributed by atoms with Crippen molar-refractivity contribution in [2.24, 2.45) is 0 Å². The number of rotatable bonds is 2. The summed E-state index contributed by atoms with van der Waals surface area (Å²) in [6.45, 7) is 12.2. The van der Waals surface area contributed by atoms with Gasteiger partial charge in [-0.25, -0.2) is 9.59 Å². The maximum Gasteiger partial charge on any atom is 0.410 e. The minimum atomic E-state index is -0.623. The van der Waals surface area contributed by atoms with Crippen molar-refractivity contribution in [3.05, 3.63) is 0 Å². The van der Waals surface area contributed by atoms with E-state index in [0.29, 0.717) is 13.1 Å². The molecule has 4 atom stereocenters. The Morgan fingerprint density at radius 2 is 1.00 bits per heavy atom. The largest absolute Gasteiger partial charge is 0.444 e. The lowest BCUT2D eigenvalue weighted by molar-refractivity contribution is 0.0196. The predicted molar refractivity (Wildman–Crippen MR) is 109 cm³/mol. The number of carbonyl (C=O) groups excluding carboxylic acids is 2. The number of carbonyl (C=O) groups is 2. The summed E-state index contributed by atoms with van der Waals surface area (Å²) in [6, 6.07) is 0. The number of methoxy groups -OCH3 is 2. The number of amides is 2. The maximum atomic E-state index is 11.6. The van der Waals surface area contributed by atoms with Gasteiger partial charge in [0, 0.05) is 14.2 Å². The van der Waals surface area contributed by atoms with E-state index in [4.69, 9.17) is 18.9 Å². The van der Waals surface area contributed by atoms with Crippen molar-refractivity contribution in [3.63, 3.8) is 0 Å². The van der Waals surface area contributed by atoms with Crippen molar-refractivity contribution in [2.75, 3.05) is 40.4 Å². The van der Waals surface area contributed by atoms with E-state index in [0.717, 1.165) is 0 Å². The van der Waals surface area contributed by atoms with Crippen molar-refractivity contribution in [3.8, 4) is 0 Å². The first-order valence-corrected chi connectivity index (χ1v) is 10.0. The fourth-order valence-electron chi connectivity index (χ4n) is 2.93. The quantitative estimate of drug-likeness (QED) is 0.666. The van der Waals surface area contributed by atoms with E-state index in [1.165, 1.54) is 24.0 Å². The first kappa shape index (κ1) is 26.4. The van der Waals surface area contributed by atoms with Gasteiger partial charge in [0.25, 0.3) is 0 Å². The number of likely N-dealkylation sites (tertiary alicyclic amines) is 2. The summed E-state index contributed by atoms with van der Waals surface area (Å²) in [4.78, 5) is 26.1. The van der Waals surface area contributed by atoms with Crippen LogP contribution in [0.1, 0.15) is 41.5 Å². The summed E-state index contributed by atoms with van der Waals surface area (Å²) < 4.78 is 20.4. The lowest BCUT2D eigenvalue weighted by atomic mass is 10.2. The zero-order valence-electron chi connectivity index (χ0n) is 19.4. The average Bonchev–Trinajstić information content (AvgIpc) is 3.15. The second kappa shape index (κ2) is 10.6. The van der Waals surface area contributed by atoms with Gasteiger partial charge in [-0.15, -0.1) is 0 Å². The van der Waals surface area contributed by atoms with Crippen LogP contribution in [0.3, 0.4) is 0 Å². The lowest BCUT2D eigenvalue weighted by Crippen LogP contribution is -2.36. The number of nitrogens with zero attached hydrogens (tertiary/aromatic N) is 2. The van der Waals surface area contributed by atoms with E-state index in [-0.39, 0.29) is 25.3 Å². The fraction of sp³-hybridized carbons (Fsp3) is 0.900. The van der Waals surface area contributed by atoms with Gasteiger partial charge in [-0.3, -0.25) is 0 Å². The van der Waals surface area contributed by atoms with E-state index >= 15 is 0 Å². The van der Waals surface area contributed by atoms with Crippen LogP contribution in [0.25, 0.3) is 0 Å². The fourth-order valence-corrected chi connectivity index (χ4v) is 2.93. The minimum absolute atomic E-state index is 0.271. The highest BCUT2D eigenvalue weighted by Gasteiger charge is 2.37. The van der Waals surface area contributed by atoms with Crippen LogP contribution in [0, 0.1) is 0 Å². The molecule has 2 heterocycles. The van der Waals surface area contributed by atoms with Crippen LogP contribution in [-0.4, -0.2) is 108 Å². The van der Waals surface area contributed by atoms with Crippen LogP contribution in [0.15, 0.2) is 0 Å². The smallest absolute Gasteiger partial charge is 0.410 e. The molecule has 0 radical (unpaired) electrons. The molecule has 176 valence electrons. The van der Waals surface area contributed by atoms with Crippen LogP contribution < -0.4 is 0 Å². The van der Waals surface area contributed by atoms with Gasteiger partial charge in [-0.05, 0) is 41.5 Å². The molecular weight excluding hydrogens is 396 g/mol. The Bertz CT molecular complexity index is 522. The van der Waals surface area contributed by atoms with Crippen LogP contribution in [0.5, 0.6) is 0 Å². The van der Waals surface area contributed by atoms with Gasteiger partial charge < -0.3 is 39.0 Å². The number of ether oxygens (including phenoxy) is 4. The third-order valence-electron chi connectivity index (χ3n) is 4.38. The van der Waals surface area contributed by atoms with Gasteiger partial charge >= 0.3 is 12.2 Å². The SMILES string of the molecule is CO[C@@H]1CN(C(=O)OC(C)(C)C)C[C@H]1O.CO[C@H]1CN(C(=O)OC(C)(C)C)C[C@@H]1O. The molecule has 10 nitrogen and oxygen atoms in total. The first-order valence-electron chi connectivity index (χ1n) is 10.0. The van der Waals surface area contributed by atoms with Crippen LogP contribution in [-0.2, 0) is 18.9 Å².